The van der Waals surface area contributed by atoms with Crippen LogP contribution in [0.1, 0.15) is 18.1 Å². The Morgan fingerprint density at radius 1 is 1.16 bits per heavy atom. The Morgan fingerprint density at radius 3 is 2.47 bits per heavy atom. The lowest BCUT2D eigenvalue weighted by Crippen LogP contribution is -2.35. The molecule has 0 aliphatic rings. The van der Waals surface area contributed by atoms with Gasteiger partial charge in [-0.25, -0.2) is 4.39 Å². The van der Waals surface area contributed by atoms with Crippen LogP contribution in [-0.4, -0.2) is 7.11 Å². The first-order valence-corrected chi connectivity index (χ1v) is 6.64. The summed E-state index contributed by atoms with van der Waals surface area (Å²) in [6.45, 7) is 1.84. The average molecular weight is 324 g/mol. The van der Waals surface area contributed by atoms with E-state index in [9.17, 15) is 4.39 Å². The molecule has 100 valence electrons. The van der Waals surface area contributed by atoms with Crippen LogP contribution in [0, 0.1) is 5.82 Å². The van der Waals surface area contributed by atoms with Crippen LogP contribution in [0.25, 0.3) is 0 Å². The van der Waals surface area contributed by atoms with Crippen molar-refractivity contribution in [2.45, 2.75) is 12.5 Å². The minimum absolute atomic E-state index is 0.334. The number of methoxy groups -OCH3 is 1. The smallest absolute Gasteiger partial charge is 0.124 e. The van der Waals surface area contributed by atoms with Gasteiger partial charge in [-0.05, 0) is 36.8 Å². The van der Waals surface area contributed by atoms with Crippen LogP contribution in [0.15, 0.2) is 46.9 Å². The Kier molecular flexibility index (Phi) is 3.92. The van der Waals surface area contributed by atoms with Crippen molar-refractivity contribution in [3.05, 3.63) is 63.9 Å². The third kappa shape index (κ3) is 2.65. The summed E-state index contributed by atoms with van der Waals surface area (Å²) >= 11 is 3.48. The van der Waals surface area contributed by atoms with E-state index in [1.54, 1.807) is 13.2 Å². The van der Waals surface area contributed by atoms with Crippen molar-refractivity contribution >= 4 is 15.9 Å². The Morgan fingerprint density at radius 2 is 1.84 bits per heavy atom. The molecule has 0 aliphatic heterocycles. The van der Waals surface area contributed by atoms with E-state index in [1.165, 1.54) is 12.1 Å². The highest BCUT2D eigenvalue weighted by Crippen LogP contribution is 2.36. The highest BCUT2D eigenvalue weighted by Gasteiger charge is 2.29. The first kappa shape index (κ1) is 14.0. The zero-order valence-electron chi connectivity index (χ0n) is 10.8. The van der Waals surface area contributed by atoms with Crippen molar-refractivity contribution in [1.29, 1.82) is 0 Å². The zero-order chi connectivity index (χ0) is 14.0. The number of hydrogen-bond donors (Lipinski definition) is 1. The molecule has 0 saturated heterocycles. The fourth-order valence-electron chi connectivity index (χ4n) is 2.11. The van der Waals surface area contributed by atoms with E-state index in [0.717, 1.165) is 10.0 Å². The predicted octanol–water partition coefficient (Wildman–Crippen LogP) is 3.82. The van der Waals surface area contributed by atoms with Crippen molar-refractivity contribution in [3.8, 4) is 5.75 Å². The van der Waals surface area contributed by atoms with Crippen LogP contribution < -0.4 is 10.5 Å². The van der Waals surface area contributed by atoms with E-state index in [4.69, 9.17) is 10.5 Å². The van der Waals surface area contributed by atoms with E-state index in [-0.39, 0.29) is 5.82 Å². The van der Waals surface area contributed by atoms with Gasteiger partial charge in [0.1, 0.15) is 11.6 Å². The molecule has 2 aromatic rings. The van der Waals surface area contributed by atoms with Crippen LogP contribution in [0.3, 0.4) is 0 Å². The molecular weight excluding hydrogens is 309 g/mol. The minimum Gasteiger partial charge on any atom is -0.496 e. The van der Waals surface area contributed by atoms with Crippen LogP contribution >= 0.6 is 15.9 Å². The molecule has 0 bridgehead atoms. The lowest BCUT2D eigenvalue weighted by atomic mass is 9.85. The number of rotatable bonds is 3. The molecule has 1 atom stereocenters. The van der Waals surface area contributed by atoms with Crippen molar-refractivity contribution in [3.63, 3.8) is 0 Å². The maximum atomic E-state index is 13.5. The molecule has 0 radical (unpaired) electrons. The monoisotopic (exact) mass is 323 g/mol. The Bertz CT molecular complexity index is 598. The summed E-state index contributed by atoms with van der Waals surface area (Å²) in [7, 11) is 1.55. The average Bonchev–Trinajstić information content (AvgIpc) is 2.39. The summed E-state index contributed by atoms with van der Waals surface area (Å²) in [5, 5.41) is 0. The van der Waals surface area contributed by atoms with Crippen LogP contribution in [0.5, 0.6) is 5.75 Å². The number of benzene rings is 2. The normalized spacial score (nSPS) is 13.9. The molecular formula is C15H15BrFNO. The van der Waals surface area contributed by atoms with Crippen molar-refractivity contribution in [2.24, 2.45) is 5.73 Å². The number of nitrogens with two attached hydrogens (primary N) is 1. The lowest BCUT2D eigenvalue weighted by Gasteiger charge is -2.28. The van der Waals surface area contributed by atoms with Gasteiger partial charge in [-0.2, -0.15) is 0 Å². The van der Waals surface area contributed by atoms with E-state index < -0.39 is 5.54 Å². The van der Waals surface area contributed by atoms with Crippen molar-refractivity contribution < 1.29 is 9.13 Å². The minimum atomic E-state index is -0.854. The van der Waals surface area contributed by atoms with Gasteiger partial charge < -0.3 is 10.5 Å². The van der Waals surface area contributed by atoms with Gasteiger partial charge in [-0.15, -0.1) is 0 Å². The third-order valence-electron chi connectivity index (χ3n) is 3.15. The van der Waals surface area contributed by atoms with Crippen LogP contribution in [0.4, 0.5) is 4.39 Å². The molecule has 19 heavy (non-hydrogen) atoms. The van der Waals surface area contributed by atoms with Gasteiger partial charge in [0.25, 0.3) is 0 Å². The molecule has 0 spiro atoms. The molecule has 0 aliphatic carbocycles. The van der Waals surface area contributed by atoms with Gasteiger partial charge in [-0.1, -0.05) is 34.1 Å². The largest absolute Gasteiger partial charge is 0.496 e. The lowest BCUT2D eigenvalue weighted by molar-refractivity contribution is 0.397. The molecule has 4 heteroatoms. The fourth-order valence-corrected chi connectivity index (χ4v) is 2.81. The molecule has 0 amide bonds. The van der Waals surface area contributed by atoms with E-state index in [2.05, 4.69) is 15.9 Å². The van der Waals surface area contributed by atoms with Crippen molar-refractivity contribution in [2.75, 3.05) is 7.11 Å². The first-order chi connectivity index (χ1) is 8.96. The fraction of sp³-hybridized carbons (Fsp3) is 0.200. The number of ether oxygens (including phenoxy) is 1. The molecule has 2 nitrogen and oxygen atoms in total. The standard InChI is InChI=1S/C15H15BrFNO/c1-15(18,11-5-3-4-6-13(11)16)12-9-10(17)7-8-14(12)19-2/h3-9H,18H2,1-2H3. The molecule has 2 rings (SSSR count). The SMILES string of the molecule is COc1ccc(F)cc1C(C)(N)c1ccccc1Br. The molecule has 2 aromatic carbocycles. The number of hydrogen-bond acceptors (Lipinski definition) is 2. The zero-order valence-corrected chi connectivity index (χ0v) is 12.4. The molecule has 0 aromatic heterocycles. The van der Waals surface area contributed by atoms with Crippen molar-refractivity contribution in [1.82, 2.24) is 0 Å². The van der Waals surface area contributed by atoms with Gasteiger partial charge >= 0.3 is 0 Å². The summed E-state index contributed by atoms with van der Waals surface area (Å²) < 4.78 is 19.7. The molecule has 1 unspecified atom stereocenters. The summed E-state index contributed by atoms with van der Waals surface area (Å²) in [4.78, 5) is 0. The van der Waals surface area contributed by atoms with Crippen LogP contribution in [-0.2, 0) is 5.54 Å². The van der Waals surface area contributed by atoms with Gasteiger partial charge in [0.05, 0.1) is 12.6 Å². The molecule has 0 saturated carbocycles. The van der Waals surface area contributed by atoms with E-state index in [0.29, 0.717) is 11.3 Å². The molecule has 0 heterocycles. The Balaban J connectivity index is 2.62. The van der Waals surface area contributed by atoms with Gasteiger partial charge in [-0.3, -0.25) is 0 Å². The van der Waals surface area contributed by atoms with Gasteiger partial charge in [0.15, 0.2) is 0 Å². The summed E-state index contributed by atoms with van der Waals surface area (Å²) in [5.74, 6) is 0.238. The maximum Gasteiger partial charge on any atom is 0.124 e. The van der Waals surface area contributed by atoms with Gasteiger partial charge in [0, 0.05) is 10.0 Å². The first-order valence-electron chi connectivity index (χ1n) is 5.84. The number of halogens is 2. The summed E-state index contributed by atoms with van der Waals surface area (Å²) in [6.07, 6.45) is 0. The maximum absolute atomic E-state index is 13.5. The third-order valence-corrected chi connectivity index (χ3v) is 3.85. The quantitative estimate of drug-likeness (QED) is 0.931. The summed E-state index contributed by atoms with van der Waals surface area (Å²) in [5.41, 5.74) is 7.06. The van der Waals surface area contributed by atoms with E-state index >= 15 is 0 Å². The molecule has 2 N–H and O–H groups in total. The second-order valence-corrected chi connectivity index (χ2v) is 5.38. The summed E-state index contributed by atoms with van der Waals surface area (Å²) in [6, 6.07) is 12.0. The predicted molar refractivity (Wildman–Crippen MR) is 77.7 cm³/mol. The highest BCUT2D eigenvalue weighted by atomic mass is 79.9. The molecule has 0 fully saturated rings. The second kappa shape index (κ2) is 5.31. The highest BCUT2D eigenvalue weighted by molar-refractivity contribution is 9.10. The Labute approximate surface area is 120 Å². The van der Waals surface area contributed by atoms with Crippen LogP contribution in [0.2, 0.25) is 0 Å². The van der Waals surface area contributed by atoms with Gasteiger partial charge in [0.2, 0.25) is 0 Å². The topological polar surface area (TPSA) is 35.2 Å². The second-order valence-electron chi connectivity index (χ2n) is 4.53. The Hall–Kier alpha value is -1.39. The van der Waals surface area contributed by atoms with E-state index in [1.807, 2.05) is 31.2 Å².